The maximum Gasteiger partial charge on any atom is 0.437 e. The van der Waals surface area contributed by atoms with Crippen LogP contribution in [0.2, 0.25) is 0 Å². The quantitative estimate of drug-likeness (QED) is 0.0978. The zero-order valence-corrected chi connectivity index (χ0v) is 42.8. The van der Waals surface area contributed by atoms with E-state index in [4.69, 9.17) is 43.6 Å². The molecule has 68 heavy (non-hydrogen) atoms. The van der Waals surface area contributed by atoms with Gasteiger partial charge in [-0.3, -0.25) is 5.32 Å². The van der Waals surface area contributed by atoms with Gasteiger partial charge in [0.15, 0.2) is 6.29 Å². The van der Waals surface area contributed by atoms with Gasteiger partial charge in [-0.2, -0.15) is 0 Å². The van der Waals surface area contributed by atoms with Gasteiger partial charge in [-0.15, -0.1) is 4.99 Å². The summed E-state index contributed by atoms with van der Waals surface area (Å²) in [6.07, 6.45) is -11.2. The average Bonchev–Trinajstić information content (AvgIpc) is 3.10. The van der Waals surface area contributed by atoms with Crippen LogP contribution < -0.4 is 27.0 Å². The van der Waals surface area contributed by atoms with Crippen molar-refractivity contribution >= 4 is 36.4 Å². The monoisotopic (exact) mass is 974 g/mol. The largest absolute Gasteiger partial charge is 0.491 e. The third kappa shape index (κ3) is 18.0. The number of nitrogens with zero attached hydrogens (tertiary/aromatic N) is 2. The Labute approximate surface area is 399 Å². The number of carbonyl (C=O) groups is 5. The highest BCUT2D eigenvalue weighted by atomic mass is 16.7. The fraction of sp³-hybridized carbons (Fsp3) is 0.822. The third-order valence-corrected chi connectivity index (χ3v) is 10.1. The summed E-state index contributed by atoms with van der Waals surface area (Å²) >= 11 is 0. The van der Waals surface area contributed by atoms with Crippen LogP contribution in [-0.2, 0) is 37.9 Å². The van der Waals surface area contributed by atoms with Gasteiger partial charge in [-0.25, -0.2) is 24.0 Å². The summed E-state index contributed by atoms with van der Waals surface area (Å²) in [4.78, 5) is 71.9. The number of hydrogen-bond acceptors (Lipinski definition) is 17. The minimum atomic E-state index is -1.85. The van der Waals surface area contributed by atoms with Gasteiger partial charge >= 0.3 is 30.5 Å². The second kappa shape index (κ2) is 22.0. The lowest BCUT2D eigenvalue weighted by Gasteiger charge is -2.52. The summed E-state index contributed by atoms with van der Waals surface area (Å²) in [7, 11) is 1.33. The van der Waals surface area contributed by atoms with Gasteiger partial charge < -0.3 is 79.8 Å². The van der Waals surface area contributed by atoms with Crippen molar-refractivity contribution in [2.45, 2.75) is 212 Å². The molecule has 0 spiro atoms. The van der Waals surface area contributed by atoms with E-state index in [9.17, 15) is 39.3 Å². The lowest BCUT2D eigenvalue weighted by molar-refractivity contribution is -0.305. The zero-order chi connectivity index (χ0) is 52.1. The van der Waals surface area contributed by atoms with Crippen LogP contribution in [-0.4, -0.2) is 165 Å². The van der Waals surface area contributed by atoms with Crippen LogP contribution in [0.5, 0.6) is 0 Å². The van der Waals surface area contributed by atoms with E-state index in [0.29, 0.717) is 0 Å². The van der Waals surface area contributed by atoms with Gasteiger partial charge in [-0.05, 0) is 130 Å². The molecule has 5 amide bonds. The summed E-state index contributed by atoms with van der Waals surface area (Å²) in [5.74, 6) is -1.40. The van der Waals surface area contributed by atoms with Crippen LogP contribution in [0, 0.1) is 5.92 Å². The first-order valence-corrected chi connectivity index (χ1v) is 22.7. The highest BCUT2D eigenvalue weighted by molar-refractivity contribution is 5.99. The number of ether oxygens (including phenoxy) is 8. The second-order valence-corrected chi connectivity index (χ2v) is 22.5. The molecule has 11 atom stereocenters. The van der Waals surface area contributed by atoms with Crippen LogP contribution in [0.1, 0.15) is 124 Å². The molecule has 2 aliphatic heterocycles. The van der Waals surface area contributed by atoms with Crippen LogP contribution >= 0.6 is 0 Å². The van der Waals surface area contributed by atoms with Crippen LogP contribution in [0.15, 0.2) is 16.8 Å². The van der Waals surface area contributed by atoms with Crippen molar-refractivity contribution in [1.82, 2.24) is 26.2 Å². The Balaban J connectivity index is 2.24. The molecule has 23 nitrogen and oxygen atoms in total. The standard InChI is InChI=1S/C45H79N7O16/c1-40(2,3)64-35(55)48-25-20-26(49-36(56)65-41(4,5)6)31(63-33-29(54)32(45(16,60)22-61-33)52(17)39(59)68-44(13,14)15)28(53)27(25)30-24(19-18-23(21-46)62-30)47-34(50-37(57)66-42(7,8)9)51-38(58)67-43(10,11)12/h18,24-33,53-54,60H,19-22,46H2,1-17H3,(H,48,55)(H,49,56)(H2,47,50,51,57,58)/t24-,25+,26-,27-,28+,29-,30?,31+,32-,33-,45+/m1/s1. The van der Waals surface area contributed by atoms with E-state index in [1.807, 2.05) is 0 Å². The van der Waals surface area contributed by atoms with Gasteiger partial charge in [0.2, 0.25) is 5.96 Å². The van der Waals surface area contributed by atoms with E-state index >= 15 is 0 Å². The molecule has 3 rings (SSSR count). The Morgan fingerprint density at radius 1 is 0.750 bits per heavy atom. The number of nitrogens with two attached hydrogens (primary N) is 1. The van der Waals surface area contributed by atoms with Gasteiger partial charge in [0.05, 0.1) is 37.4 Å². The molecule has 0 radical (unpaired) electrons. The summed E-state index contributed by atoms with van der Waals surface area (Å²) in [5, 5.41) is 47.3. The van der Waals surface area contributed by atoms with Crippen molar-refractivity contribution in [1.29, 1.82) is 0 Å². The number of amides is 5. The molecular formula is C45H79N7O16. The normalized spacial score (nSPS) is 29.5. The fourth-order valence-corrected chi connectivity index (χ4v) is 7.76. The Kier molecular flexibility index (Phi) is 18.6. The fourth-order valence-electron chi connectivity index (χ4n) is 7.76. The highest BCUT2D eigenvalue weighted by Crippen LogP contribution is 2.39. The number of guanidine groups is 1. The Bertz CT molecular complexity index is 1840. The van der Waals surface area contributed by atoms with Crippen molar-refractivity contribution in [2.75, 3.05) is 20.2 Å². The lowest BCUT2D eigenvalue weighted by atomic mass is 9.72. The Hall–Kier alpha value is -4.68. The first kappa shape index (κ1) is 57.6. The Morgan fingerprint density at radius 2 is 1.25 bits per heavy atom. The van der Waals surface area contributed by atoms with E-state index in [0.717, 1.165) is 4.90 Å². The number of aliphatic imine (C=N–C) groups is 1. The molecule has 2 fully saturated rings. The van der Waals surface area contributed by atoms with Crippen molar-refractivity contribution in [2.24, 2.45) is 16.6 Å². The molecule has 23 heteroatoms. The van der Waals surface area contributed by atoms with E-state index < -0.39 is 137 Å². The van der Waals surface area contributed by atoms with E-state index in [-0.39, 0.29) is 25.1 Å². The minimum Gasteiger partial charge on any atom is -0.491 e. The molecule has 0 bridgehead atoms. The predicted molar refractivity (Wildman–Crippen MR) is 246 cm³/mol. The highest BCUT2D eigenvalue weighted by Gasteiger charge is 2.56. The number of alkyl carbamates (subject to hydrolysis) is 3. The first-order chi connectivity index (χ1) is 30.8. The third-order valence-electron chi connectivity index (χ3n) is 10.1. The SMILES string of the molecule is CN(C(=O)OC(C)(C)C)[C@@H]1[C@@H](O)[C@@H](O[C@@H]2[C@@H](O)[C@H](C3OC(CN)=CC[C@H]3N/C(=N/C(=O)OC(C)(C)C)NC(=O)OC(C)(C)C)[C@@H](NC(=O)OC(C)(C)C)C[C@H]2NC(=O)OC(C)(C)C)OC[C@]1(C)O. The summed E-state index contributed by atoms with van der Waals surface area (Å²) in [6, 6.07) is -4.76. The van der Waals surface area contributed by atoms with Crippen molar-refractivity contribution in [3.8, 4) is 0 Å². The second-order valence-electron chi connectivity index (χ2n) is 22.5. The van der Waals surface area contributed by atoms with Crippen molar-refractivity contribution < 1.29 is 77.2 Å². The molecule has 0 aromatic carbocycles. The smallest absolute Gasteiger partial charge is 0.437 e. The predicted octanol–water partition coefficient (Wildman–Crippen LogP) is 3.65. The molecular weight excluding hydrogens is 895 g/mol. The summed E-state index contributed by atoms with van der Waals surface area (Å²) < 4.78 is 46.5. The molecule has 390 valence electrons. The van der Waals surface area contributed by atoms with Crippen molar-refractivity contribution in [3.05, 3.63) is 11.8 Å². The number of nitrogens with one attached hydrogen (secondary N) is 4. The minimum absolute atomic E-state index is 0.0756. The number of aliphatic hydroxyl groups excluding tert-OH is 2. The van der Waals surface area contributed by atoms with Crippen molar-refractivity contribution in [3.63, 3.8) is 0 Å². The van der Waals surface area contributed by atoms with Crippen LogP contribution in [0.25, 0.3) is 0 Å². The number of aliphatic hydroxyl groups is 3. The molecule has 0 aromatic heterocycles. The molecule has 9 N–H and O–H groups in total. The number of hydrogen-bond donors (Lipinski definition) is 8. The Morgan fingerprint density at radius 3 is 1.75 bits per heavy atom. The number of rotatable bonds is 8. The van der Waals surface area contributed by atoms with E-state index in [1.54, 1.807) is 110 Å². The summed E-state index contributed by atoms with van der Waals surface area (Å²) in [6.45, 7) is 25.4. The van der Waals surface area contributed by atoms with E-state index in [1.165, 1.54) is 14.0 Å². The number of likely N-dealkylation sites (N-methyl/N-ethyl adjacent to an activating group) is 1. The lowest BCUT2D eigenvalue weighted by Crippen LogP contribution is -2.71. The molecule has 0 aromatic rings. The maximum atomic E-state index is 13.7. The topological polar surface area (TPSA) is 310 Å². The molecule has 2 heterocycles. The summed E-state index contributed by atoms with van der Waals surface area (Å²) in [5.41, 5.74) is -0.573. The van der Waals surface area contributed by atoms with Crippen LogP contribution in [0.4, 0.5) is 24.0 Å². The average molecular weight is 974 g/mol. The van der Waals surface area contributed by atoms with Gasteiger partial charge in [0.1, 0.15) is 57.7 Å². The molecule has 3 aliphatic rings. The zero-order valence-electron chi connectivity index (χ0n) is 42.8. The first-order valence-electron chi connectivity index (χ1n) is 22.7. The van der Waals surface area contributed by atoms with E-state index in [2.05, 4.69) is 26.3 Å². The number of carbonyl (C=O) groups excluding carboxylic acids is 5. The molecule has 1 unspecified atom stereocenters. The molecule has 1 saturated heterocycles. The van der Waals surface area contributed by atoms with Gasteiger partial charge in [-0.1, -0.05) is 0 Å². The maximum absolute atomic E-state index is 13.7. The van der Waals surface area contributed by atoms with Crippen LogP contribution in [0.3, 0.4) is 0 Å². The molecule has 1 aliphatic carbocycles. The molecule has 1 saturated carbocycles. The van der Waals surface area contributed by atoms with Gasteiger partial charge in [0, 0.05) is 19.0 Å². The van der Waals surface area contributed by atoms with Gasteiger partial charge in [0.25, 0.3) is 0 Å².